The van der Waals surface area contributed by atoms with Crippen molar-refractivity contribution in [3.8, 4) is 0 Å². The Labute approximate surface area is 104 Å². The van der Waals surface area contributed by atoms with Gasteiger partial charge >= 0.3 is 0 Å². The van der Waals surface area contributed by atoms with Gasteiger partial charge in [-0.1, -0.05) is 20.3 Å². The van der Waals surface area contributed by atoms with Crippen molar-refractivity contribution < 1.29 is 4.79 Å². The molecular weight excluding hydrogens is 220 g/mol. The molecule has 0 saturated carbocycles. The van der Waals surface area contributed by atoms with Crippen molar-refractivity contribution >= 4 is 17.7 Å². The zero-order valence-electron chi connectivity index (χ0n) is 11.0. The van der Waals surface area contributed by atoms with E-state index < -0.39 is 5.54 Å². The van der Waals surface area contributed by atoms with Gasteiger partial charge in [-0.15, -0.1) is 0 Å². The highest BCUT2D eigenvalue weighted by Crippen LogP contribution is 2.16. The second-order valence-electron chi connectivity index (χ2n) is 4.87. The van der Waals surface area contributed by atoms with Crippen LogP contribution in [0.15, 0.2) is 0 Å². The summed E-state index contributed by atoms with van der Waals surface area (Å²) in [6.45, 7) is 6.34. The average Bonchev–Trinajstić information content (AvgIpc) is 2.22. The first-order chi connectivity index (χ1) is 7.42. The number of carbonyl (C=O) groups is 1. The van der Waals surface area contributed by atoms with E-state index in [0.29, 0.717) is 0 Å². The predicted molar refractivity (Wildman–Crippen MR) is 72.7 cm³/mol. The Morgan fingerprint density at radius 2 is 2.06 bits per heavy atom. The van der Waals surface area contributed by atoms with Gasteiger partial charge in [0, 0.05) is 0 Å². The van der Waals surface area contributed by atoms with Crippen molar-refractivity contribution in [2.75, 3.05) is 18.6 Å². The molecule has 1 atom stereocenters. The molecule has 1 unspecified atom stereocenters. The van der Waals surface area contributed by atoms with Crippen LogP contribution >= 0.6 is 11.8 Å². The Bertz CT molecular complexity index is 209. The van der Waals surface area contributed by atoms with Gasteiger partial charge in [0.05, 0.1) is 5.54 Å². The van der Waals surface area contributed by atoms with Crippen molar-refractivity contribution in [2.24, 2.45) is 11.7 Å². The number of likely N-dealkylation sites (N-methyl/N-ethyl adjacent to an activating group) is 1. The largest absolute Gasteiger partial charge is 0.368 e. The highest BCUT2D eigenvalue weighted by molar-refractivity contribution is 7.99. The molecule has 0 aromatic rings. The van der Waals surface area contributed by atoms with E-state index in [1.54, 1.807) is 7.05 Å². The summed E-state index contributed by atoms with van der Waals surface area (Å²) in [6, 6.07) is 0. The van der Waals surface area contributed by atoms with Gasteiger partial charge in [0.1, 0.15) is 0 Å². The number of amides is 1. The molecule has 3 nitrogen and oxygen atoms in total. The number of thioether (sulfide) groups is 1. The lowest BCUT2D eigenvalue weighted by atomic mass is 9.94. The number of rotatable bonds is 9. The summed E-state index contributed by atoms with van der Waals surface area (Å²) in [7, 11) is 1.79. The summed E-state index contributed by atoms with van der Waals surface area (Å²) in [6.07, 6.45) is 3.02. The van der Waals surface area contributed by atoms with Crippen LogP contribution in [0.5, 0.6) is 0 Å². The Morgan fingerprint density at radius 3 is 2.50 bits per heavy atom. The summed E-state index contributed by atoms with van der Waals surface area (Å²) in [4.78, 5) is 11.2. The first kappa shape index (κ1) is 15.8. The fourth-order valence-corrected chi connectivity index (χ4v) is 2.42. The first-order valence-electron chi connectivity index (χ1n) is 5.99. The summed E-state index contributed by atoms with van der Waals surface area (Å²) < 4.78 is 0. The highest BCUT2D eigenvalue weighted by Gasteiger charge is 2.27. The number of nitrogens with one attached hydrogen (secondary N) is 1. The van der Waals surface area contributed by atoms with Gasteiger partial charge in [-0.05, 0) is 44.2 Å². The lowest BCUT2D eigenvalue weighted by Crippen LogP contribution is -2.51. The van der Waals surface area contributed by atoms with Gasteiger partial charge in [-0.2, -0.15) is 11.8 Å². The van der Waals surface area contributed by atoms with Crippen LogP contribution in [0, 0.1) is 5.92 Å². The number of hydrogen-bond donors (Lipinski definition) is 2. The number of hydrogen-bond acceptors (Lipinski definition) is 3. The van der Waals surface area contributed by atoms with Crippen LogP contribution in [-0.2, 0) is 4.79 Å². The maximum atomic E-state index is 11.2. The third kappa shape index (κ3) is 6.38. The standard InChI is InChI=1S/C12H26N2OS/c1-10(2)9-16-8-6-5-7-12(3,14-4)11(13)15/h10,14H,5-9H2,1-4H3,(H2,13,15). The zero-order chi connectivity index (χ0) is 12.6. The Hall–Kier alpha value is -0.220. The molecule has 0 saturated heterocycles. The van der Waals surface area contributed by atoms with Crippen LogP contribution in [-0.4, -0.2) is 30.0 Å². The predicted octanol–water partition coefficient (Wildman–Crippen LogP) is 2.01. The molecule has 0 aromatic heterocycles. The average molecular weight is 246 g/mol. The summed E-state index contributed by atoms with van der Waals surface area (Å²) >= 11 is 1.99. The zero-order valence-corrected chi connectivity index (χ0v) is 11.8. The molecule has 0 radical (unpaired) electrons. The SMILES string of the molecule is CNC(C)(CCCCSCC(C)C)C(N)=O. The van der Waals surface area contributed by atoms with Crippen molar-refractivity contribution in [3.63, 3.8) is 0 Å². The minimum absolute atomic E-state index is 0.259. The minimum atomic E-state index is -0.539. The van der Waals surface area contributed by atoms with Gasteiger partial charge < -0.3 is 11.1 Å². The van der Waals surface area contributed by atoms with Crippen LogP contribution in [0.4, 0.5) is 0 Å². The van der Waals surface area contributed by atoms with Gasteiger partial charge in [0.15, 0.2) is 0 Å². The molecule has 4 heteroatoms. The monoisotopic (exact) mass is 246 g/mol. The fraction of sp³-hybridized carbons (Fsp3) is 0.917. The van der Waals surface area contributed by atoms with E-state index in [1.807, 2.05) is 18.7 Å². The molecule has 0 bridgehead atoms. The third-order valence-corrected chi connectivity index (χ3v) is 4.24. The summed E-state index contributed by atoms with van der Waals surface area (Å²) in [5, 5.41) is 3.01. The number of unbranched alkanes of at least 4 members (excludes halogenated alkanes) is 1. The van der Waals surface area contributed by atoms with E-state index in [1.165, 1.54) is 11.5 Å². The summed E-state index contributed by atoms with van der Waals surface area (Å²) in [5.41, 5.74) is 4.82. The number of primary amides is 1. The molecule has 0 heterocycles. The molecule has 96 valence electrons. The maximum absolute atomic E-state index is 11.2. The molecule has 16 heavy (non-hydrogen) atoms. The molecule has 0 aliphatic carbocycles. The Kier molecular flexibility index (Phi) is 7.85. The van der Waals surface area contributed by atoms with Gasteiger partial charge in [-0.25, -0.2) is 0 Å². The molecule has 0 aromatic carbocycles. The van der Waals surface area contributed by atoms with Crippen LogP contribution in [0.1, 0.15) is 40.0 Å². The van der Waals surface area contributed by atoms with E-state index in [2.05, 4.69) is 19.2 Å². The molecule has 3 N–H and O–H groups in total. The topological polar surface area (TPSA) is 55.1 Å². The van der Waals surface area contributed by atoms with Crippen molar-refractivity contribution in [1.29, 1.82) is 0 Å². The van der Waals surface area contributed by atoms with E-state index in [4.69, 9.17) is 5.73 Å². The molecule has 0 spiro atoms. The van der Waals surface area contributed by atoms with Crippen LogP contribution in [0.3, 0.4) is 0 Å². The Morgan fingerprint density at radius 1 is 1.44 bits per heavy atom. The third-order valence-electron chi connectivity index (χ3n) is 2.76. The van der Waals surface area contributed by atoms with Crippen LogP contribution < -0.4 is 11.1 Å². The number of carbonyl (C=O) groups excluding carboxylic acids is 1. The van der Waals surface area contributed by atoms with Crippen molar-refractivity contribution in [2.45, 2.75) is 45.6 Å². The number of nitrogens with two attached hydrogens (primary N) is 1. The highest BCUT2D eigenvalue weighted by atomic mass is 32.2. The first-order valence-corrected chi connectivity index (χ1v) is 7.14. The van der Waals surface area contributed by atoms with E-state index in [9.17, 15) is 4.79 Å². The smallest absolute Gasteiger partial charge is 0.237 e. The molecule has 0 aliphatic heterocycles. The molecule has 0 fully saturated rings. The van der Waals surface area contributed by atoms with E-state index >= 15 is 0 Å². The van der Waals surface area contributed by atoms with Crippen LogP contribution in [0.2, 0.25) is 0 Å². The summed E-state index contributed by atoms with van der Waals surface area (Å²) in [5.74, 6) is 2.90. The molecule has 0 rings (SSSR count). The molecule has 1 amide bonds. The molecule has 0 aliphatic rings. The lowest BCUT2D eigenvalue weighted by Gasteiger charge is -2.25. The van der Waals surface area contributed by atoms with Crippen molar-refractivity contribution in [1.82, 2.24) is 5.32 Å². The van der Waals surface area contributed by atoms with Gasteiger partial charge in [0.25, 0.3) is 0 Å². The minimum Gasteiger partial charge on any atom is -0.368 e. The normalized spacial score (nSPS) is 15.1. The second-order valence-corrected chi connectivity index (χ2v) is 6.02. The molecular formula is C12H26N2OS. The van der Waals surface area contributed by atoms with E-state index in [0.717, 1.165) is 25.2 Å². The van der Waals surface area contributed by atoms with Crippen LogP contribution in [0.25, 0.3) is 0 Å². The second kappa shape index (κ2) is 7.96. The van der Waals surface area contributed by atoms with E-state index in [-0.39, 0.29) is 5.91 Å². The van der Waals surface area contributed by atoms with Gasteiger partial charge in [0.2, 0.25) is 5.91 Å². The fourth-order valence-electron chi connectivity index (χ4n) is 1.37. The van der Waals surface area contributed by atoms with Gasteiger partial charge in [-0.3, -0.25) is 4.79 Å². The Balaban J connectivity index is 3.61. The quantitative estimate of drug-likeness (QED) is 0.612. The maximum Gasteiger partial charge on any atom is 0.237 e. The lowest BCUT2D eigenvalue weighted by molar-refractivity contribution is -0.123. The van der Waals surface area contributed by atoms with Crippen molar-refractivity contribution in [3.05, 3.63) is 0 Å².